The second-order valence-corrected chi connectivity index (χ2v) is 5.22. The summed E-state index contributed by atoms with van der Waals surface area (Å²) in [5, 5.41) is 12.0. The fourth-order valence-electron chi connectivity index (χ4n) is 1.49. The zero-order valence-corrected chi connectivity index (χ0v) is 11.0. The number of hydrogen-bond acceptors (Lipinski definition) is 3. The van der Waals surface area contributed by atoms with Crippen molar-refractivity contribution in [3.63, 3.8) is 0 Å². The van der Waals surface area contributed by atoms with Gasteiger partial charge in [0.1, 0.15) is 0 Å². The third-order valence-electron chi connectivity index (χ3n) is 2.48. The number of amides is 1. The summed E-state index contributed by atoms with van der Waals surface area (Å²) in [6, 6.07) is -0.153. The van der Waals surface area contributed by atoms with Gasteiger partial charge in [-0.3, -0.25) is 4.79 Å². The normalized spacial score (nSPS) is 13.9. The first kappa shape index (κ1) is 15.4. The highest BCUT2D eigenvalue weighted by Gasteiger charge is 2.22. The fraction of sp³-hybridized carbons (Fsp3) is 0.917. The summed E-state index contributed by atoms with van der Waals surface area (Å²) in [5.74, 6) is 0.374. The first-order valence-corrected chi connectivity index (χ1v) is 5.76. The van der Waals surface area contributed by atoms with Crippen molar-refractivity contribution >= 4 is 5.91 Å². The van der Waals surface area contributed by atoms with E-state index in [1.165, 1.54) is 0 Å². The molecule has 0 aliphatic carbocycles. The monoisotopic (exact) mass is 231 g/mol. The van der Waals surface area contributed by atoms with Gasteiger partial charge in [0.2, 0.25) is 5.91 Å². The highest BCUT2D eigenvalue weighted by Crippen LogP contribution is 2.13. The summed E-state index contributed by atoms with van der Waals surface area (Å²) in [5.41, 5.74) is -0.456. The number of nitrogens with one attached hydrogen (secondary N) is 1. The molecule has 16 heavy (non-hydrogen) atoms. The van der Waals surface area contributed by atoms with Crippen molar-refractivity contribution in [2.45, 2.75) is 52.2 Å². The van der Waals surface area contributed by atoms with Gasteiger partial charge in [0.25, 0.3) is 0 Å². The van der Waals surface area contributed by atoms with Crippen molar-refractivity contribution in [1.29, 1.82) is 0 Å². The van der Waals surface area contributed by atoms with Crippen LogP contribution in [0.3, 0.4) is 0 Å². The molecule has 96 valence electrons. The van der Waals surface area contributed by atoms with Crippen LogP contribution in [0.25, 0.3) is 0 Å². The summed E-state index contributed by atoms with van der Waals surface area (Å²) >= 11 is 0. The van der Waals surface area contributed by atoms with Crippen LogP contribution in [0.4, 0.5) is 0 Å². The van der Waals surface area contributed by atoms with Gasteiger partial charge in [-0.1, -0.05) is 13.8 Å². The highest BCUT2D eigenvalue weighted by atomic mass is 16.5. The molecule has 4 nitrogen and oxygen atoms in total. The molecule has 0 heterocycles. The number of carbonyl (C=O) groups excluding carboxylic acids is 1. The molecule has 0 aliphatic heterocycles. The van der Waals surface area contributed by atoms with Gasteiger partial charge in [-0.25, -0.2) is 0 Å². The number of aliphatic hydroxyl groups is 1. The second kappa shape index (κ2) is 6.86. The third kappa shape index (κ3) is 6.80. The molecule has 4 heteroatoms. The molecular weight excluding hydrogens is 206 g/mol. The SMILES string of the molecule is COC(C)(C)CC(=O)NC(CO)CC(C)C. The van der Waals surface area contributed by atoms with Gasteiger partial charge >= 0.3 is 0 Å². The van der Waals surface area contributed by atoms with Crippen LogP contribution in [0.15, 0.2) is 0 Å². The molecular formula is C12H25NO3. The summed E-state index contributed by atoms with van der Waals surface area (Å²) in [6.45, 7) is 7.84. The van der Waals surface area contributed by atoms with E-state index >= 15 is 0 Å². The standard InChI is InChI=1S/C12H25NO3/c1-9(2)6-10(8-14)13-11(15)7-12(3,4)16-5/h9-10,14H,6-8H2,1-5H3,(H,13,15). The largest absolute Gasteiger partial charge is 0.394 e. The smallest absolute Gasteiger partial charge is 0.223 e. The third-order valence-corrected chi connectivity index (χ3v) is 2.48. The van der Waals surface area contributed by atoms with Crippen LogP contribution < -0.4 is 5.32 Å². The molecule has 1 atom stereocenters. The number of hydrogen-bond donors (Lipinski definition) is 2. The highest BCUT2D eigenvalue weighted by molar-refractivity contribution is 5.77. The lowest BCUT2D eigenvalue weighted by Crippen LogP contribution is -2.41. The zero-order valence-electron chi connectivity index (χ0n) is 11.0. The van der Waals surface area contributed by atoms with E-state index < -0.39 is 5.60 Å². The van der Waals surface area contributed by atoms with Crippen molar-refractivity contribution in [3.8, 4) is 0 Å². The molecule has 0 aliphatic rings. The van der Waals surface area contributed by atoms with Crippen molar-refractivity contribution in [2.24, 2.45) is 5.92 Å². The predicted octanol–water partition coefficient (Wildman–Crippen LogP) is 1.32. The Morgan fingerprint density at radius 3 is 2.38 bits per heavy atom. The van der Waals surface area contributed by atoms with Gasteiger partial charge < -0.3 is 15.2 Å². The first-order valence-electron chi connectivity index (χ1n) is 5.76. The minimum absolute atomic E-state index is 0.0165. The number of aliphatic hydroxyl groups excluding tert-OH is 1. The minimum atomic E-state index is -0.456. The summed E-state index contributed by atoms with van der Waals surface area (Å²) < 4.78 is 5.18. The van der Waals surface area contributed by atoms with Gasteiger partial charge in [-0.15, -0.1) is 0 Å². The Bertz CT molecular complexity index is 214. The maximum absolute atomic E-state index is 11.7. The molecule has 2 N–H and O–H groups in total. The molecule has 0 saturated heterocycles. The Hall–Kier alpha value is -0.610. The molecule has 0 rings (SSSR count). The quantitative estimate of drug-likeness (QED) is 0.695. The number of rotatable bonds is 7. The lowest BCUT2D eigenvalue weighted by molar-refractivity contribution is -0.127. The van der Waals surface area contributed by atoms with Crippen molar-refractivity contribution in [1.82, 2.24) is 5.32 Å². The van der Waals surface area contributed by atoms with E-state index in [1.54, 1.807) is 7.11 Å². The van der Waals surface area contributed by atoms with E-state index in [0.29, 0.717) is 12.3 Å². The maximum Gasteiger partial charge on any atom is 0.223 e. The van der Waals surface area contributed by atoms with Gasteiger partial charge in [-0.05, 0) is 26.2 Å². The number of methoxy groups -OCH3 is 1. The van der Waals surface area contributed by atoms with E-state index in [4.69, 9.17) is 9.84 Å². The van der Waals surface area contributed by atoms with E-state index in [0.717, 1.165) is 6.42 Å². The predicted molar refractivity (Wildman–Crippen MR) is 64.2 cm³/mol. The molecule has 0 aromatic heterocycles. The second-order valence-electron chi connectivity index (χ2n) is 5.22. The van der Waals surface area contributed by atoms with Gasteiger partial charge in [0.05, 0.1) is 24.7 Å². The Morgan fingerprint density at radius 2 is 2.00 bits per heavy atom. The molecule has 0 spiro atoms. The van der Waals surface area contributed by atoms with Gasteiger partial charge in [-0.2, -0.15) is 0 Å². The fourth-order valence-corrected chi connectivity index (χ4v) is 1.49. The molecule has 1 amide bonds. The Labute approximate surface area is 98.4 Å². The lowest BCUT2D eigenvalue weighted by atomic mass is 10.0. The van der Waals surface area contributed by atoms with Crippen molar-refractivity contribution in [2.75, 3.05) is 13.7 Å². The van der Waals surface area contributed by atoms with Crippen molar-refractivity contribution < 1.29 is 14.6 Å². The number of carbonyl (C=O) groups is 1. The number of ether oxygens (including phenoxy) is 1. The average Bonchev–Trinajstić information content (AvgIpc) is 2.15. The average molecular weight is 231 g/mol. The van der Waals surface area contributed by atoms with Crippen LogP contribution in [0.2, 0.25) is 0 Å². The summed E-state index contributed by atoms with van der Waals surface area (Å²) in [4.78, 5) is 11.7. The molecule has 0 saturated carbocycles. The first-order chi connectivity index (χ1) is 7.30. The van der Waals surface area contributed by atoms with Crippen LogP contribution in [-0.2, 0) is 9.53 Å². The summed E-state index contributed by atoms with van der Waals surface area (Å²) in [7, 11) is 1.59. The molecule has 0 radical (unpaired) electrons. The van der Waals surface area contributed by atoms with Crippen LogP contribution in [-0.4, -0.2) is 36.4 Å². The molecule has 0 bridgehead atoms. The Morgan fingerprint density at radius 1 is 1.44 bits per heavy atom. The van der Waals surface area contributed by atoms with E-state index in [2.05, 4.69) is 19.2 Å². The molecule has 0 aromatic rings. The zero-order chi connectivity index (χ0) is 12.8. The Balaban J connectivity index is 4.11. The molecule has 0 fully saturated rings. The van der Waals surface area contributed by atoms with E-state index in [-0.39, 0.29) is 18.6 Å². The van der Waals surface area contributed by atoms with Gasteiger partial charge in [0.15, 0.2) is 0 Å². The van der Waals surface area contributed by atoms with Crippen LogP contribution in [0.5, 0.6) is 0 Å². The van der Waals surface area contributed by atoms with Crippen molar-refractivity contribution in [3.05, 3.63) is 0 Å². The van der Waals surface area contributed by atoms with E-state index in [1.807, 2.05) is 13.8 Å². The lowest BCUT2D eigenvalue weighted by Gasteiger charge is -2.24. The summed E-state index contributed by atoms with van der Waals surface area (Å²) in [6.07, 6.45) is 1.09. The minimum Gasteiger partial charge on any atom is -0.394 e. The Kier molecular flexibility index (Phi) is 6.60. The van der Waals surface area contributed by atoms with Crippen LogP contribution in [0, 0.1) is 5.92 Å². The van der Waals surface area contributed by atoms with Gasteiger partial charge in [0, 0.05) is 7.11 Å². The topological polar surface area (TPSA) is 58.6 Å². The van der Waals surface area contributed by atoms with E-state index in [9.17, 15) is 4.79 Å². The molecule has 0 aromatic carbocycles. The van der Waals surface area contributed by atoms with Crippen LogP contribution in [0.1, 0.15) is 40.5 Å². The maximum atomic E-state index is 11.7. The van der Waals surface area contributed by atoms with Crippen LogP contribution >= 0.6 is 0 Å². The molecule has 1 unspecified atom stereocenters.